The van der Waals surface area contributed by atoms with Crippen LogP contribution in [0.25, 0.3) is 0 Å². The average Bonchev–Trinajstić information content (AvgIpc) is 3.35. The first-order chi connectivity index (χ1) is 12.5. The van der Waals surface area contributed by atoms with Gasteiger partial charge >= 0.3 is 0 Å². The van der Waals surface area contributed by atoms with Gasteiger partial charge in [-0.15, -0.1) is 0 Å². The molecule has 136 valence electrons. The van der Waals surface area contributed by atoms with E-state index >= 15 is 0 Å². The number of halogens is 1. The highest BCUT2D eigenvalue weighted by Crippen LogP contribution is 2.35. The van der Waals surface area contributed by atoms with Gasteiger partial charge in [0.2, 0.25) is 11.8 Å². The summed E-state index contributed by atoms with van der Waals surface area (Å²) in [6, 6.07) is 6.02. The molecule has 0 N–H and O–H groups in total. The van der Waals surface area contributed by atoms with Crippen LogP contribution in [0.2, 0.25) is 0 Å². The quantitative estimate of drug-likeness (QED) is 0.825. The molecule has 4 rings (SSSR count). The van der Waals surface area contributed by atoms with Crippen LogP contribution in [0.5, 0.6) is 0 Å². The number of hydrogen-bond acceptors (Lipinski definition) is 3. The van der Waals surface area contributed by atoms with Gasteiger partial charge in [-0.2, -0.15) is 0 Å². The number of carbonyl (C=O) groups excluding carboxylic acids is 2. The molecule has 2 heterocycles. The molecule has 1 saturated carbocycles. The van der Waals surface area contributed by atoms with Crippen molar-refractivity contribution >= 4 is 11.8 Å². The predicted octanol–water partition coefficient (Wildman–Crippen LogP) is 2.12. The summed E-state index contributed by atoms with van der Waals surface area (Å²) in [4.78, 5) is 32.8. The van der Waals surface area contributed by atoms with Crippen LogP contribution in [0.4, 0.5) is 4.39 Å². The van der Waals surface area contributed by atoms with Crippen LogP contribution in [0.3, 0.4) is 0 Å². The number of aromatic nitrogens is 2. The van der Waals surface area contributed by atoms with Crippen LogP contribution in [0.15, 0.2) is 36.7 Å². The summed E-state index contributed by atoms with van der Waals surface area (Å²) in [6.45, 7) is 2.31. The molecule has 2 amide bonds. The van der Waals surface area contributed by atoms with Crippen LogP contribution in [-0.2, 0) is 22.7 Å². The van der Waals surface area contributed by atoms with Gasteiger partial charge in [-0.25, -0.2) is 9.37 Å². The minimum Gasteiger partial charge on any atom is -0.330 e. The van der Waals surface area contributed by atoms with Crippen molar-refractivity contribution in [2.45, 2.75) is 44.9 Å². The van der Waals surface area contributed by atoms with Crippen molar-refractivity contribution in [3.63, 3.8) is 0 Å². The van der Waals surface area contributed by atoms with Gasteiger partial charge in [0.15, 0.2) is 0 Å². The maximum atomic E-state index is 13.4. The molecule has 7 heteroatoms. The van der Waals surface area contributed by atoms with Gasteiger partial charge in [-0.05, 0) is 37.5 Å². The molecule has 1 atom stereocenters. The Kier molecular flexibility index (Phi) is 4.22. The van der Waals surface area contributed by atoms with Gasteiger partial charge in [0.05, 0.1) is 6.54 Å². The molecule has 2 aromatic rings. The van der Waals surface area contributed by atoms with Gasteiger partial charge in [0.1, 0.15) is 24.2 Å². The van der Waals surface area contributed by atoms with Crippen molar-refractivity contribution in [3.05, 3.63) is 53.9 Å². The number of piperazine rings is 1. The Labute approximate surface area is 151 Å². The molecule has 6 nitrogen and oxygen atoms in total. The normalized spacial score (nSPS) is 20.8. The largest absolute Gasteiger partial charge is 0.330 e. The summed E-state index contributed by atoms with van der Waals surface area (Å²) in [5, 5.41) is 0. The fourth-order valence-corrected chi connectivity index (χ4v) is 3.46. The van der Waals surface area contributed by atoms with Crippen LogP contribution in [0, 0.1) is 5.82 Å². The lowest BCUT2D eigenvalue weighted by atomic mass is 10.1. The van der Waals surface area contributed by atoms with E-state index in [0.29, 0.717) is 18.2 Å². The summed E-state index contributed by atoms with van der Waals surface area (Å²) in [5.41, 5.74) is 0.677. The molecule has 1 aliphatic carbocycles. The first kappa shape index (κ1) is 16.8. The van der Waals surface area contributed by atoms with E-state index < -0.39 is 6.04 Å². The number of nitrogens with zero attached hydrogens (tertiary/aromatic N) is 4. The summed E-state index contributed by atoms with van der Waals surface area (Å²) in [5.74, 6) is 0.233. The Bertz CT molecular complexity index is 846. The lowest BCUT2D eigenvalue weighted by Crippen LogP contribution is -2.58. The Morgan fingerprint density at radius 2 is 2.04 bits per heavy atom. The highest BCUT2D eigenvalue weighted by atomic mass is 19.1. The second-order valence-corrected chi connectivity index (χ2v) is 7.00. The topological polar surface area (TPSA) is 58.4 Å². The standard InChI is InChI=1S/C19H21FN4O2/c1-13-19(26)22(10-14-3-2-4-15(20)9-14)12-18(25)24(13)11-17-21-7-8-23(17)16-5-6-16/h2-4,7-9,13,16H,5-6,10-12H2,1H3/t13-/m0/s1. The first-order valence-electron chi connectivity index (χ1n) is 8.87. The number of hydrogen-bond donors (Lipinski definition) is 0. The van der Waals surface area contributed by atoms with Crippen molar-refractivity contribution in [2.75, 3.05) is 6.54 Å². The molecule has 2 fully saturated rings. The minimum absolute atomic E-state index is 0.00379. The summed E-state index contributed by atoms with van der Waals surface area (Å²) < 4.78 is 15.5. The third-order valence-electron chi connectivity index (χ3n) is 5.05. The molecule has 1 aliphatic heterocycles. The number of imidazole rings is 1. The fraction of sp³-hybridized carbons (Fsp3) is 0.421. The molecular weight excluding hydrogens is 335 g/mol. The number of benzene rings is 1. The van der Waals surface area contributed by atoms with Crippen molar-refractivity contribution in [2.24, 2.45) is 0 Å². The van der Waals surface area contributed by atoms with E-state index in [4.69, 9.17) is 0 Å². The monoisotopic (exact) mass is 356 g/mol. The molecule has 1 saturated heterocycles. The molecule has 2 aliphatic rings. The zero-order chi connectivity index (χ0) is 18.3. The Balaban J connectivity index is 1.47. The molecular formula is C19H21FN4O2. The van der Waals surface area contributed by atoms with Crippen molar-refractivity contribution in [1.29, 1.82) is 0 Å². The van der Waals surface area contributed by atoms with Gasteiger partial charge in [0, 0.05) is 25.0 Å². The smallest absolute Gasteiger partial charge is 0.245 e. The molecule has 0 radical (unpaired) electrons. The van der Waals surface area contributed by atoms with E-state index in [1.54, 1.807) is 30.2 Å². The molecule has 0 bridgehead atoms. The average molecular weight is 356 g/mol. The number of rotatable bonds is 5. The third-order valence-corrected chi connectivity index (χ3v) is 5.05. The highest BCUT2D eigenvalue weighted by molar-refractivity contribution is 5.94. The molecule has 0 spiro atoms. The van der Waals surface area contributed by atoms with Crippen molar-refractivity contribution in [1.82, 2.24) is 19.4 Å². The molecule has 26 heavy (non-hydrogen) atoms. The van der Waals surface area contributed by atoms with Crippen LogP contribution in [-0.4, -0.2) is 43.8 Å². The van der Waals surface area contributed by atoms with Gasteiger partial charge in [-0.1, -0.05) is 12.1 Å². The maximum Gasteiger partial charge on any atom is 0.245 e. The van der Waals surface area contributed by atoms with E-state index in [1.807, 2.05) is 6.20 Å². The van der Waals surface area contributed by atoms with E-state index in [0.717, 1.165) is 18.7 Å². The van der Waals surface area contributed by atoms with Crippen LogP contribution in [0.1, 0.15) is 37.2 Å². The van der Waals surface area contributed by atoms with Crippen LogP contribution < -0.4 is 0 Å². The van der Waals surface area contributed by atoms with E-state index in [9.17, 15) is 14.0 Å². The second-order valence-electron chi connectivity index (χ2n) is 7.00. The number of amides is 2. The highest BCUT2D eigenvalue weighted by Gasteiger charge is 2.37. The molecule has 1 aromatic carbocycles. The lowest BCUT2D eigenvalue weighted by Gasteiger charge is -2.38. The van der Waals surface area contributed by atoms with E-state index in [1.165, 1.54) is 17.0 Å². The Morgan fingerprint density at radius 1 is 1.23 bits per heavy atom. The van der Waals surface area contributed by atoms with E-state index in [-0.39, 0.29) is 30.7 Å². The summed E-state index contributed by atoms with van der Waals surface area (Å²) in [7, 11) is 0. The fourth-order valence-electron chi connectivity index (χ4n) is 3.46. The summed E-state index contributed by atoms with van der Waals surface area (Å²) in [6.07, 6.45) is 5.94. The van der Waals surface area contributed by atoms with Crippen molar-refractivity contribution in [3.8, 4) is 0 Å². The SMILES string of the molecule is C[C@H]1C(=O)N(Cc2cccc(F)c2)CC(=O)N1Cc1nccn1C1CC1. The summed E-state index contributed by atoms with van der Waals surface area (Å²) >= 11 is 0. The van der Waals surface area contributed by atoms with Crippen LogP contribution >= 0.6 is 0 Å². The molecule has 1 aromatic heterocycles. The zero-order valence-corrected chi connectivity index (χ0v) is 14.6. The van der Waals surface area contributed by atoms with Gasteiger partial charge in [-0.3, -0.25) is 9.59 Å². The molecule has 0 unspecified atom stereocenters. The van der Waals surface area contributed by atoms with Gasteiger partial charge in [0.25, 0.3) is 0 Å². The third kappa shape index (κ3) is 3.21. The number of carbonyl (C=O) groups is 2. The Hall–Kier alpha value is -2.70. The Morgan fingerprint density at radius 3 is 2.77 bits per heavy atom. The second kappa shape index (κ2) is 6.55. The zero-order valence-electron chi connectivity index (χ0n) is 14.6. The van der Waals surface area contributed by atoms with Crippen molar-refractivity contribution < 1.29 is 14.0 Å². The first-order valence-corrected chi connectivity index (χ1v) is 8.87. The van der Waals surface area contributed by atoms with E-state index in [2.05, 4.69) is 9.55 Å². The lowest BCUT2D eigenvalue weighted by molar-refractivity contribution is -0.156. The minimum atomic E-state index is -0.561. The predicted molar refractivity (Wildman–Crippen MR) is 92.3 cm³/mol. The van der Waals surface area contributed by atoms with Gasteiger partial charge < -0.3 is 14.4 Å². The maximum absolute atomic E-state index is 13.4.